The number of H-pyrrole nitrogens is 1. The minimum Gasteiger partial charge on any atom is -0.447 e. The summed E-state index contributed by atoms with van der Waals surface area (Å²) < 4.78 is 33.9. The fourth-order valence-electron chi connectivity index (χ4n) is 4.28. The summed E-state index contributed by atoms with van der Waals surface area (Å²) >= 11 is 1.52. The van der Waals surface area contributed by atoms with Crippen LogP contribution in [0.4, 0.5) is 16.3 Å². The Labute approximate surface area is 215 Å². The summed E-state index contributed by atoms with van der Waals surface area (Å²) in [5, 5.41) is 13.8. The molecule has 2 aromatic heterocycles. The van der Waals surface area contributed by atoms with E-state index in [2.05, 4.69) is 30.5 Å². The topological polar surface area (TPSA) is 138 Å². The molecule has 0 radical (unpaired) electrons. The fraction of sp³-hybridized carbons (Fsp3) is 0.458. The maximum atomic E-state index is 13.1. The quantitative estimate of drug-likeness (QED) is 0.312. The van der Waals surface area contributed by atoms with Crippen LogP contribution in [0.15, 0.2) is 41.6 Å². The number of nitrogens with one attached hydrogen (secondary N) is 4. The van der Waals surface area contributed by atoms with Crippen LogP contribution in [-0.4, -0.2) is 48.4 Å². The number of benzene rings is 1. The molecule has 194 valence electrons. The Hall–Kier alpha value is -2.96. The van der Waals surface area contributed by atoms with E-state index in [0.29, 0.717) is 17.1 Å². The van der Waals surface area contributed by atoms with Gasteiger partial charge in [-0.25, -0.2) is 22.9 Å². The molecule has 12 heteroatoms. The summed E-state index contributed by atoms with van der Waals surface area (Å²) in [6, 6.07) is 7.13. The number of anilines is 2. The molecule has 0 bridgehead atoms. The summed E-state index contributed by atoms with van der Waals surface area (Å²) in [4.78, 5) is 17.6. The summed E-state index contributed by atoms with van der Waals surface area (Å²) in [5.74, 6) is 0.940. The Morgan fingerprint density at radius 3 is 2.67 bits per heavy atom. The number of hydrogen-bond acceptors (Lipinski definition) is 8. The first-order valence-corrected chi connectivity index (χ1v) is 14.4. The zero-order chi connectivity index (χ0) is 25.7. The first-order chi connectivity index (χ1) is 17.2. The van der Waals surface area contributed by atoms with Gasteiger partial charge >= 0.3 is 6.09 Å². The van der Waals surface area contributed by atoms with Crippen LogP contribution in [0.2, 0.25) is 0 Å². The van der Waals surface area contributed by atoms with Gasteiger partial charge in [-0.05, 0) is 51.7 Å². The van der Waals surface area contributed by atoms with E-state index < -0.39 is 10.0 Å². The second-order valence-corrected chi connectivity index (χ2v) is 11.8. The Kier molecular flexibility index (Phi) is 8.27. The van der Waals surface area contributed by atoms with Gasteiger partial charge in [0.25, 0.3) is 0 Å². The molecule has 0 unspecified atom stereocenters. The monoisotopic (exact) mass is 532 g/mol. The van der Waals surface area contributed by atoms with Gasteiger partial charge < -0.3 is 15.4 Å². The number of carbonyl (C=O) groups excluding carboxylic acids is 1. The van der Waals surface area contributed by atoms with Crippen LogP contribution in [0.5, 0.6) is 0 Å². The molecular formula is C24H32N6O4S2. The minimum absolute atomic E-state index is 0.0960. The number of hydrogen-bond donors (Lipinski definition) is 4. The van der Waals surface area contributed by atoms with E-state index in [1.807, 2.05) is 19.9 Å². The predicted molar refractivity (Wildman–Crippen MR) is 140 cm³/mol. The second kappa shape index (κ2) is 11.4. The van der Waals surface area contributed by atoms with Gasteiger partial charge in [0.1, 0.15) is 5.82 Å². The number of carbonyl (C=O) groups is 1. The van der Waals surface area contributed by atoms with E-state index in [1.165, 1.54) is 11.3 Å². The molecule has 0 atom stereocenters. The number of ether oxygens (including phenoxy) is 1. The number of sulfonamides is 1. The lowest BCUT2D eigenvalue weighted by Gasteiger charge is -2.28. The number of thiazole rings is 1. The highest BCUT2D eigenvalue weighted by Gasteiger charge is 2.27. The molecule has 0 saturated heterocycles. The molecule has 1 amide bonds. The molecular weight excluding hydrogens is 500 g/mol. The van der Waals surface area contributed by atoms with E-state index >= 15 is 0 Å². The largest absolute Gasteiger partial charge is 0.447 e. The Balaban J connectivity index is 1.51. The third-order valence-corrected chi connectivity index (χ3v) is 8.69. The van der Waals surface area contributed by atoms with Crippen molar-refractivity contribution in [3.05, 3.63) is 41.7 Å². The van der Waals surface area contributed by atoms with Gasteiger partial charge in [0, 0.05) is 42.0 Å². The van der Waals surface area contributed by atoms with E-state index in [0.717, 1.165) is 35.6 Å². The van der Waals surface area contributed by atoms with Crippen LogP contribution in [0.3, 0.4) is 0 Å². The van der Waals surface area contributed by atoms with Crippen molar-refractivity contribution in [2.45, 2.75) is 69.4 Å². The van der Waals surface area contributed by atoms with Gasteiger partial charge in [-0.1, -0.05) is 13.0 Å². The van der Waals surface area contributed by atoms with E-state index in [4.69, 9.17) is 4.74 Å². The lowest BCUT2D eigenvalue weighted by molar-refractivity contribution is 0.109. The van der Waals surface area contributed by atoms with Crippen molar-refractivity contribution in [2.24, 2.45) is 0 Å². The van der Waals surface area contributed by atoms with Crippen molar-refractivity contribution in [1.29, 1.82) is 0 Å². The smallest absolute Gasteiger partial charge is 0.407 e. The Bertz CT molecular complexity index is 1270. The van der Waals surface area contributed by atoms with Gasteiger partial charge in [0.15, 0.2) is 0 Å². The zero-order valence-corrected chi connectivity index (χ0v) is 22.2. The number of amides is 1. The highest BCUT2D eigenvalue weighted by atomic mass is 32.2. The molecule has 4 N–H and O–H groups in total. The van der Waals surface area contributed by atoms with Gasteiger partial charge in [-0.3, -0.25) is 5.10 Å². The van der Waals surface area contributed by atoms with E-state index in [9.17, 15) is 13.2 Å². The van der Waals surface area contributed by atoms with Gasteiger partial charge in [0.2, 0.25) is 10.0 Å². The molecule has 2 heterocycles. The highest BCUT2D eigenvalue weighted by molar-refractivity contribution is 7.89. The lowest BCUT2D eigenvalue weighted by atomic mass is 9.86. The molecule has 1 fully saturated rings. The highest BCUT2D eigenvalue weighted by Crippen LogP contribution is 2.40. The molecule has 36 heavy (non-hydrogen) atoms. The average Bonchev–Trinajstić information content (AvgIpc) is 3.51. The first-order valence-electron chi connectivity index (χ1n) is 12.1. The van der Waals surface area contributed by atoms with Crippen molar-refractivity contribution in [1.82, 2.24) is 25.2 Å². The first kappa shape index (κ1) is 26.1. The number of aromatic nitrogens is 3. The zero-order valence-electron chi connectivity index (χ0n) is 20.6. The molecule has 3 aromatic rings. The van der Waals surface area contributed by atoms with Crippen LogP contribution in [-0.2, 0) is 14.8 Å². The Morgan fingerprint density at radius 1 is 1.22 bits per heavy atom. The van der Waals surface area contributed by atoms with Crippen LogP contribution in [0.25, 0.3) is 10.4 Å². The number of aromatic amines is 1. The Morgan fingerprint density at radius 2 is 2.00 bits per heavy atom. The third-order valence-electron chi connectivity index (χ3n) is 5.92. The second-order valence-electron chi connectivity index (χ2n) is 9.02. The summed E-state index contributed by atoms with van der Waals surface area (Å²) in [7, 11) is -3.72. The van der Waals surface area contributed by atoms with Crippen LogP contribution < -0.4 is 15.4 Å². The predicted octanol–water partition coefficient (Wildman–Crippen LogP) is 4.74. The number of alkyl carbamates (subject to hydrolysis) is 1. The van der Waals surface area contributed by atoms with Crippen molar-refractivity contribution >= 4 is 39.0 Å². The van der Waals surface area contributed by atoms with Crippen LogP contribution in [0.1, 0.15) is 57.4 Å². The number of nitrogens with zero attached hydrogens (tertiary/aromatic N) is 2. The summed E-state index contributed by atoms with van der Waals surface area (Å²) in [6.45, 7) is 5.70. The van der Waals surface area contributed by atoms with E-state index in [-0.39, 0.29) is 35.6 Å². The van der Waals surface area contributed by atoms with Gasteiger partial charge in [-0.2, -0.15) is 5.10 Å². The molecule has 10 nitrogen and oxygen atoms in total. The summed E-state index contributed by atoms with van der Waals surface area (Å²) in [6.07, 6.45) is 6.35. The van der Waals surface area contributed by atoms with Crippen LogP contribution >= 0.6 is 11.3 Å². The molecule has 0 spiro atoms. The normalized spacial score (nSPS) is 18.2. The van der Waals surface area contributed by atoms with Gasteiger partial charge in [-0.15, -0.1) is 11.3 Å². The maximum Gasteiger partial charge on any atom is 0.407 e. The standard InChI is InChI=1S/C24H32N6O4S2/c1-4-27-36(32,33)21-13-18(28-22-11-12-26-30-22)9-10-19(21)20-14-25-23(35-20)16-5-7-17(8-6-16)29-24(31)34-15(2)3/h9-17,27H,4-8H2,1-3H3,(H,29,31)(H2,26,28,30). The molecule has 1 aliphatic rings. The van der Waals surface area contributed by atoms with Crippen molar-refractivity contribution in [3.8, 4) is 10.4 Å². The molecule has 4 rings (SSSR count). The maximum absolute atomic E-state index is 13.1. The third kappa shape index (κ3) is 6.42. The fourth-order valence-corrected chi connectivity index (χ4v) is 6.75. The molecule has 0 aliphatic heterocycles. The lowest BCUT2D eigenvalue weighted by Crippen LogP contribution is -2.38. The molecule has 1 aliphatic carbocycles. The molecule has 1 saturated carbocycles. The SMILES string of the molecule is CCNS(=O)(=O)c1cc(Nc2ccn[nH]2)ccc1-c1cnc(C2CCC(NC(=O)OC(C)C)CC2)s1. The van der Waals surface area contributed by atoms with Crippen LogP contribution in [0, 0.1) is 0 Å². The van der Waals surface area contributed by atoms with Crippen molar-refractivity contribution in [3.63, 3.8) is 0 Å². The molecule has 1 aromatic carbocycles. The number of rotatable bonds is 9. The summed E-state index contributed by atoms with van der Waals surface area (Å²) in [5.41, 5.74) is 1.24. The van der Waals surface area contributed by atoms with Crippen molar-refractivity contribution < 1.29 is 17.9 Å². The van der Waals surface area contributed by atoms with Crippen molar-refractivity contribution in [2.75, 3.05) is 11.9 Å². The van der Waals surface area contributed by atoms with Gasteiger partial charge in [0.05, 0.1) is 27.1 Å². The van der Waals surface area contributed by atoms with E-state index in [1.54, 1.807) is 37.5 Å². The average molecular weight is 533 g/mol. The minimum atomic E-state index is -3.72.